The average Bonchev–Trinajstić information content (AvgIpc) is 2.46. The van der Waals surface area contributed by atoms with E-state index in [0.717, 1.165) is 23.7 Å². The highest BCUT2D eigenvalue weighted by Crippen LogP contribution is 2.20. The Labute approximate surface area is 111 Å². The topological polar surface area (TPSA) is 53.4 Å². The van der Waals surface area contributed by atoms with Crippen molar-refractivity contribution >= 4 is 16.8 Å². The van der Waals surface area contributed by atoms with Crippen molar-refractivity contribution in [1.82, 2.24) is 9.88 Å². The maximum absolute atomic E-state index is 12.5. The largest absolute Gasteiger partial charge is 0.391 e. The smallest absolute Gasteiger partial charge is 0.254 e. The van der Waals surface area contributed by atoms with Crippen LogP contribution in [0, 0.1) is 0 Å². The maximum Gasteiger partial charge on any atom is 0.254 e. The molecule has 1 aliphatic heterocycles. The highest BCUT2D eigenvalue weighted by molar-refractivity contribution is 6.05. The van der Waals surface area contributed by atoms with E-state index in [-0.39, 0.29) is 5.91 Å². The third-order valence-electron chi connectivity index (χ3n) is 3.56. The second-order valence-corrected chi connectivity index (χ2v) is 4.92. The van der Waals surface area contributed by atoms with Gasteiger partial charge >= 0.3 is 0 Å². The standard InChI is InChI=1S/C15H16N2O2/c18-11-4-3-9-17(10-11)15(19)13-7-8-16-14-6-2-1-5-12(13)14/h1-2,5-8,11,18H,3-4,9-10H2. The molecule has 0 radical (unpaired) electrons. The number of pyridine rings is 1. The average molecular weight is 256 g/mol. The predicted molar refractivity (Wildman–Crippen MR) is 72.9 cm³/mol. The molecule has 1 fully saturated rings. The van der Waals surface area contributed by atoms with Gasteiger partial charge in [0.15, 0.2) is 0 Å². The van der Waals surface area contributed by atoms with Crippen molar-refractivity contribution in [2.45, 2.75) is 18.9 Å². The minimum absolute atomic E-state index is 0.0163. The fraction of sp³-hybridized carbons (Fsp3) is 0.333. The molecule has 0 aliphatic carbocycles. The van der Waals surface area contributed by atoms with Crippen molar-refractivity contribution in [3.05, 3.63) is 42.1 Å². The third kappa shape index (κ3) is 2.31. The van der Waals surface area contributed by atoms with Gasteiger partial charge in [0, 0.05) is 24.7 Å². The molecule has 0 saturated carbocycles. The fourth-order valence-corrected chi connectivity index (χ4v) is 2.59. The van der Waals surface area contributed by atoms with Gasteiger partial charge in [-0.2, -0.15) is 0 Å². The van der Waals surface area contributed by atoms with E-state index in [1.54, 1.807) is 17.2 Å². The van der Waals surface area contributed by atoms with Gasteiger partial charge in [0.1, 0.15) is 0 Å². The number of likely N-dealkylation sites (tertiary alicyclic amines) is 1. The van der Waals surface area contributed by atoms with Crippen LogP contribution in [0.5, 0.6) is 0 Å². The zero-order chi connectivity index (χ0) is 13.2. The maximum atomic E-state index is 12.5. The van der Waals surface area contributed by atoms with E-state index >= 15 is 0 Å². The predicted octanol–water partition coefficient (Wildman–Crippen LogP) is 1.83. The Bertz CT molecular complexity index is 607. The molecule has 1 saturated heterocycles. The summed E-state index contributed by atoms with van der Waals surface area (Å²) in [5, 5.41) is 10.6. The normalized spacial score (nSPS) is 19.6. The van der Waals surface area contributed by atoms with Crippen LogP contribution >= 0.6 is 0 Å². The van der Waals surface area contributed by atoms with Crippen molar-refractivity contribution < 1.29 is 9.90 Å². The molecule has 0 bridgehead atoms. The number of rotatable bonds is 1. The van der Waals surface area contributed by atoms with E-state index in [4.69, 9.17) is 0 Å². The number of nitrogens with zero attached hydrogens (tertiary/aromatic N) is 2. The molecular weight excluding hydrogens is 240 g/mol. The van der Waals surface area contributed by atoms with Gasteiger partial charge in [-0.05, 0) is 25.0 Å². The molecule has 19 heavy (non-hydrogen) atoms. The van der Waals surface area contributed by atoms with Gasteiger partial charge in [0.05, 0.1) is 17.2 Å². The van der Waals surface area contributed by atoms with Crippen LogP contribution in [0.1, 0.15) is 23.2 Å². The van der Waals surface area contributed by atoms with Gasteiger partial charge < -0.3 is 10.0 Å². The molecule has 1 amide bonds. The molecule has 1 aliphatic rings. The molecule has 3 rings (SSSR count). The Morgan fingerprint density at radius 1 is 1.32 bits per heavy atom. The number of benzene rings is 1. The Hall–Kier alpha value is -1.94. The molecule has 1 unspecified atom stereocenters. The molecule has 98 valence electrons. The van der Waals surface area contributed by atoms with Crippen molar-refractivity contribution in [3.8, 4) is 0 Å². The number of aliphatic hydroxyl groups excluding tert-OH is 1. The number of hydrogen-bond acceptors (Lipinski definition) is 3. The second kappa shape index (κ2) is 4.97. The van der Waals surface area contributed by atoms with Gasteiger partial charge in [0.25, 0.3) is 5.91 Å². The summed E-state index contributed by atoms with van der Waals surface area (Å²) in [4.78, 5) is 18.5. The lowest BCUT2D eigenvalue weighted by atomic mass is 10.0. The minimum Gasteiger partial charge on any atom is -0.391 e. The van der Waals surface area contributed by atoms with Crippen LogP contribution in [-0.4, -0.2) is 40.1 Å². The number of carbonyl (C=O) groups excluding carboxylic acids is 1. The summed E-state index contributed by atoms with van der Waals surface area (Å²) in [6, 6.07) is 9.39. The Morgan fingerprint density at radius 3 is 3.00 bits per heavy atom. The SMILES string of the molecule is O=C(c1ccnc2ccccc12)N1CCCC(O)C1. The summed E-state index contributed by atoms with van der Waals surface area (Å²) in [6.45, 7) is 1.14. The second-order valence-electron chi connectivity index (χ2n) is 4.92. The first kappa shape index (κ1) is 12.1. The number of hydrogen-bond donors (Lipinski definition) is 1. The molecule has 1 atom stereocenters. The van der Waals surface area contributed by atoms with E-state index < -0.39 is 6.10 Å². The Morgan fingerprint density at radius 2 is 2.16 bits per heavy atom. The van der Waals surface area contributed by atoms with Crippen LogP contribution < -0.4 is 0 Å². The number of piperidine rings is 1. The summed E-state index contributed by atoms with van der Waals surface area (Å²) < 4.78 is 0. The lowest BCUT2D eigenvalue weighted by Gasteiger charge is -2.30. The Kier molecular flexibility index (Phi) is 3.17. The van der Waals surface area contributed by atoms with Gasteiger partial charge in [-0.15, -0.1) is 0 Å². The number of β-amino-alcohol motifs (C(OH)–C–C–N with tert-alkyl or cyclic N) is 1. The fourth-order valence-electron chi connectivity index (χ4n) is 2.59. The van der Waals surface area contributed by atoms with E-state index in [0.29, 0.717) is 18.7 Å². The molecule has 4 heteroatoms. The van der Waals surface area contributed by atoms with Crippen LogP contribution in [0.25, 0.3) is 10.9 Å². The van der Waals surface area contributed by atoms with Crippen LogP contribution in [0.4, 0.5) is 0 Å². The van der Waals surface area contributed by atoms with Crippen LogP contribution in [0.3, 0.4) is 0 Å². The molecule has 0 spiro atoms. The molecule has 2 aromatic rings. The lowest BCUT2D eigenvalue weighted by Crippen LogP contribution is -2.42. The zero-order valence-electron chi connectivity index (χ0n) is 10.6. The van der Waals surface area contributed by atoms with Gasteiger partial charge in [0.2, 0.25) is 0 Å². The van der Waals surface area contributed by atoms with E-state index in [2.05, 4.69) is 4.98 Å². The van der Waals surface area contributed by atoms with Crippen LogP contribution in [0.15, 0.2) is 36.5 Å². The summed E-state index contributed by atoms with van der Waals surface area (Å²) >= 11 is 0. The lowest BCUT2D eigenvalue weighted by molar-refractivity contribution is 0.0475. The number of aromatic nitrogens is 1. The monoisotopic (exact) mass is 256 g/mol. The number of fused-ring (bicyclic) bond motifs is 1. The first-order chi connectivity index (χ1) is 9.25. The van der Waals surface area contributed by atoms with E-state index in [1.807, 2.05) is 24.3 Å². The summed E-state index contributed by atoms with van der Waals surface area (Å²) in [7, 11) is 0. The highest BCUT2D eigenvalue weighted by Gasteiger charge is 2.24. The molecule has 2 heterocycles. The zero-order valence-corrected chi connectivity index (χ0v) is 10.6. The molecule has 1 N–H and O–H groups in total. The summed E-state index contributed by atoms with van der Waals surface area (Å²) in [5.41, 5.74) is 1.49. The van der Waals surface area contributed by atoms with E-state index in [9.17, 15) is 9.90 Å². The summed E-state index contributed by atoms with van der Waals surface area (Å²) in [6.07, 6.45) is 2.90. The first-order valence-electron chi connectivity index (χ1n) is 6.57. The van der Waals surface area contributed by atoms with Gasteiger partial charge in [-0.25, -0.2) is 0 Å². The molecule has 1 aromatic carbocycles. The quantitative estimate of drug-likeness (QED) is 0.847. The van der Waals surface area contributed by atoms with Crippen molar-refractivity contribution in [2.24, 2.45) is 0 Å². The number of amides is 1. The van der Waals surface area contributed by atoms with Crippen LogP contribution in [-0.2, 0) is 0 Å². The van der Waals surface area contributed by atoms with Gasteiger partial charge in [-0.1, -0.05) is 18.2 Å². The highest BCUT2D eigenvalue weighted by atomic mass is 16.3. The third-order valence-corrected chi connectivity index (χ3v) is 3.56. The van der Waals surface area contributed by atoms with Crippen molar-refractivity contribution in [2.75, 3.05) is 13.1 Å². The van der Waals surface area contributed by atoms with E-state index in [1.165, 1.54) is 0 Å². The number of para-hydroxylation sites is 1. The Balaban J connectivity index is 1.97. The van der Waals surface area contributed by atoms with Crippen molar-refractivity contribution in [1.29, 1.82) is 0 Å². The number of carbonyl (C=O) groups is 1. The summed E-state index contributed by atoms with van der Waals surface area (Å²) in [5.74, 6) is -0.0163. The molecule has 4 nitrogen and oxygen atoms in total. The molecular formula is C15H16N2O2. The minimum atomic E-state index is -0.397. The number of aliphatic hydroxyl groups is 1. The van der Waals surface area contributed by atoms with Crippen LogP contribution in [0.2, 0.25) is 0 Å². The first-order valence-corrected chi connectivity index (χ1v) is 6.57. The van der Waals surface area contributed by atoms with Crippen molar-refractivity contribution in [3.63, 3.8) is 0 Å². The van der Waals surface area contributed by atoms with Gasteiger partial charge in [-0.3, -0.25) is 9.78 Å². The molecule has 1 aromatic heterocycles.